The minimum Gasteiger partial charge on any atom is -0.299 e. The molecule has 0 amide bonds. The van der Waals surface area contributed by atoms with Crippen molar-refractivity contribution in [2.24, 2.45) is 11.3 Å². The van der Waals surface area contributed by atoms with Crippen LogP contribution < -0.4 is 0 Å². The van der Waals surface area contributed by atoms with Crippen LogP contribution >= 0.6 is 0 Å². The molecule has 19 heavy (non-hydrogen) atoms. The maximum absolute atomic E-state index is 12.5. The molecule has 0 radical (unpaired) electrons. The van der Waals surface area contributed by atoms with Crippen LogP contribution in [0.1, 0.15) is 64.1 Å². The summed E-state index contributed by atoms with van der Waals surface area (Å²) in [7, 11) is 0. The molecule has 0 aliphatic heterocycles. The van der Waals surface area contributed by atoms with E-state index in [0.717, 1.165) is 25.0 Å². The first-order valence-corrected chi connectivity index (χ1v) is 7.33. The molecule has 0 saturated carbocycles. The van der Waals surface area contributed by atoms with Crippen molar-refractivity contribution >= 4 is 5.78 Å². The highest BCUT2D eigenvalue weighted by molar-refractivity contribution is 5.86. The molecule has 2 heteroatoms. The van der Waals surface area contributed by atoms with Gasteiger partial charge >= 0.3 is 0 Å². The van der Waals surface area contributed by atoms with E-state index in [1.807, 2.05) is 12.3 Å². The molecule has 0 fully saturated rings. The van der Waals surface area contributed by atoms with Crippen LogP contribution in [0.25, 0.3) is 0 Å². The van der Waals surface area contributed by atoms with Crippen LogP contribution in [0.15, 0.2) is 18.3 Å². The lowest BCUT2D eigenvalue weighted by Crippen LogP contribution is -2.18. The monoisotopic (exact) mass is 259 g/mol. The van der Waals surface area contributed by atoms with Crippen molar-refractivity contribution in [1.29, 1.82) is 0 Å². The first kappa shape index (κ1) is 14.2. The van der Waals surface area contributed by atoms with Crippen LogP contribution in [0.4, 0.5) is 0 Å². The van der Waals surface area contributed by atoms with E-state index in [9.17, 15) is 4.79 Å². The van der Waals surface area contributed by atoms with Gasteiger partial charge in [0.15, 0.2) is 0 Å². The Balaban J connectivity index is 1.99. The van der Waals surface area contributed by atoms with E-state index in [0.29, 0.717) is 23.5 Å². The number of Topliss-reactive ketones (excluding diaryl/α,β-unsaturated/α-hetero) is 1. The Kier molecular flexibility index (Phi) is 4.07. The SMILES string of the molecule is CC(CC(=O)C1CCc2cccnc21)CC(C)(C)C. The highest BCUT2D eigenvalue weighted by atomic mass is 16.1. The van der Waals surface area contributed by atoms with Crippen LogP contribution in [0.5, 0.6) is 0 Å². The zero-order valence-corrected chi connectivity index (χ0v) is 12.6. The fraction of sp³-hybridized carbons (Fsp3) is 0.647. The van der Waals surface area contributed by atoms with Crippen molar-refractivity contribution in [2.75, 3.05) is 0 Å². The Morgan fingerprint density at radius 1 is 1.47 bits per heavy atom. The van der Waals surface area contributed by atoms with Crippen molar-refractivity contribution in [3.05, 3.63) is 29.6 Å². The van der Waals surface area contributed by atoms with Gasteiger partial charge in [-0.15, -0.1) is 0 Å². The van der Waals surface area contributed by atoms with Gasteiger partial charge < -0.3 is 0 Å². The molecule has 0 bridgehead atoms. The fourth-order valence-electron chi connectivity index (χ4n) is 3.33. The number of hydrogen-bond donors (Lipinski definition) is 0. The highest BCUT2D eigenvalue weighted by Gasteiger charge is 2.30. The topological polar surface area (TPSA) is 30.0 Å². The molecule has 2 unspecified atom stereocenters. The molecule has 1 aliphatic rings. The summed E-state index contributed by atoms with van der Waals surface area (Å²) in [6, 6.07) is 4.07. The number of ketones is 1. The molecule has 1 aromatic rings. The second-order valence-electron chi connectivity index (χ2n) is 7.18. The lowest BCUT2D eigenvalue weighted by atomic mass is 9.82. The highest BCUT2D eigenvalue weighted by Crippen LogP contribution is 2.34. The Bertz CT molecular complexity index is 459. The zero-order chi connectivity index (χ0) is 14.0. The number of nitrogens with zero attached hydrogens (tertiary/aromatic N) is 1. The molecule has 0 aromatic carbocycles. The Morgan fingerprint density at radius 3 is 2.89 bits per heavy atom. The number of carbonyl (C=O) groups is 1. The van der Waals surface area contributed by atoms with Gasteiger partial charge in [-0.2, -0.15) is 0 Å². The standard InChI is InChI=1S/C17H25NO/c1-12(11-17(2,3)4)10-15(19)14-8-7-13-6-5-9-18-16(13)14/h5-6,9,12,14H,7-8,10-11H2,1-4H3. The molecule has 1 aromatic heterocycles. The number of aromatic nitrogens is 1. The Hall–Kier alpha value is -1.18. The van der Waals surface area contributed by atoms with E-state index in [1.54, 1.807) is 0 Å². The van der Waals surface area contributed by atoms with E-state index in [2.05, 4.69) is 38.7 Å². The van der Waals surface area contributed by atoms with E-state index in [1.165, 1.54) is 5.56 Å². The molecule has 0 spiro atoms. The van der Waals surface area contributed by atoms with Crippen molar-refractivity contribution in [3.8, 4) is 0 Å². The van der Waals surface area contributed by atoms with Crippen molar-refractivity contribution in [1.82, 2.24) is 4.98 Å². The summed E-state index contributed by atoms with van der Waals surface area (Å²) in [6.45, 7) is 8.90. The molecule has 1 heterocycles. The number of fused-ring (bicyclic) bond motifs is 1. The normalized spacial score (nSPS) is 20.1. The molecule has 104 valence electrons. The first-order chi connectivity index (χ1) is 8.87. The minimum atomic E-state index is 0.0543. The summed E-state index contributed by atoms with van der Waals surface area (Å²) in [4.78, 5) is 16.9. The molecular weight excluding hydrogens is 234 g/mol. The molecule has 2 rings (SSSR count). The van der Waals surface area contributed by atoms with Crippen LogP contribution in [-0.2, 0) is 11.2 Å². The third-order valence-electron chi connectivity index (χ3n) is 3.86. The molecule has 2 nitrogen and oxygen atoms in total. The van der Waals surface area contributed by atoms with Crippen LogP contribution in [0.3, 0.4) is 0 Å². The zero-order valence-electron chi connectivity index (χ0n) is 12.6. The van der Waals surface area contributed by atoms with Gasteiger partial charge in [0.1, 0.15) is 5.78 Å². The molecule has 0 N–H and O–H groups in total. The first-order valence-electron chi connectivity index (χ1n) is 7.33. The number of aryl methyl sites for hydroxylation is 1. The summed E-state index contributed by atoms with van der Waals surface area (Å²) in [5, 5.41) is 0. The summed E-state index contributed by atoms with van der Waals surface area (Å²) in [5.74, 6) is 0.896. The van der Waals surface area contributed by atoms with Crippen LogP contribution in [-0.4, -0.2) is 10.8 Å². The van der Waals surface area contributed by atoms with Crippen molar-refractivity contribution in [2.45, 2.75) is 59.3 Å². The van der Waals surface area contributed by atoms with Gasteiger partial charge in [0.25, 0.3) is 0 Å². The Morgan fingerprint density at radius 2 is 2.21 bits per heavy atom. The lowest BCUT2D eigenvalue weighted by Gasteiger charge is -2.23. The van der Waals surface area contributed by atoms with Gasteiger partial charge in [-0.05, 0) is 42.2 Å². The molecular formula is C17H25NO. The largest absolute Gasteiger partial charge is 0.299 e. The minimum absolute atomic E-state index is 0.0543. The van der Waals surface area contributed by atoms with E-state index in [-0.39, 0.29) is 5.92 Å². The maximum Gasteiger partial charge on any atom is 0.142 e. The van der Waals surface area contributed by atoms with Crippen molar-refractivity contribution in [3.63, 3.8) is 0 Å². The van der Waals surface area contributed by atoms with Gasteiger partial charge in [0.05, 0.1) is 11.6 Å². The summed E-state index contributed by atoms with van der Waals surface area (Å²) >= 11 is 0. The summed E-state index contributed by atoms with van der Waals surface area (Å²) in [6.07, 6.45) is 5.56. The molecule has 0 saturated heterocycles. The van der Waals surface area contributed by atoms with Gasteiger partial charge in [-0.3, -0.25) is 9.78 Å². The van der Waals surface area contributed by atoms with Crippen molar-refractivity contribution < 1.29 is 4.79 Å². The fourth-order valence-corrected chi connectivity index (χ4v) is 3.33. The van der Waals surface area contributed by atoms with E-state index in [4.69, 9.17) is 0 Å². The number of hydrogen-bond acceptors (Lipinski definition) is 2. The molecule has 2 atom stereocenters. The second-order valence-corrected chi connectivity index (χ2v) is 7.18. The maximum atomic E-state index is 12.5. The predicted molar refractivity (Wildman–Crippen MR) is 78.2 cm³/mol. The number of carbonyl (C=O) groups excluding carboxylic acids is 1. The second kappa shape index (κ2) is 5.44. The number of pyridine rings is 1. The smallest absolute Gasteiger partial charge is 0.142 e. The number of rotatable bonds is 4. The van der Waals surface area contributed by atoms with E-state index >= 15 is 0 Å². The average Bonchev–Trinajstić information content (AvgIpc) is 2.69. The van der Waals surface area contributed by atoms with Crippen LogP contribution in [0, 0.1) is 11.3 Å². The third kappa shape index (κ3) is 3.65. The molecule has 1 aliphatic carbocycles. The summed E-state index contributed by atoms with van der Waals surface area (Å²) in [5.41, 5.74) is 2.60. The lowest BCUT2D eigenvalue weighted by molar-refractivity contribution is -0.121. The van der Waals surface area contributed by atoms with Gasteiger partial charge in [0, 0.05) is 12.6 Å². The van der Waals surface area contributed by atoms with E-state index < -0.39 is 0 Å². The third-order valence-corrected chi connectivity index (χ3v) is 3.86. The van der Waals surface area contributed by atoms with Crippen LogP contribution in [0.2, 0.25) is 0 Å². The van der Waals surface area contributed by atoms with Gasteiger partial charge in [-0.25, -0.2) is 0 Å². The van der Waals surface area contributed by atoms with Gasteiger partial charge in [0.2, 0.25) is 0 Å². The quantitative estimate of drug-likeness (QED) is 0.813. The average molecular weight is 259 g/mol. The predicted octanol–water partition coefficient (Wildman–Crippen LogP) is 4.14. The Labute approximate surface area is 116 Å². The summed E-state index contributed by atoms with van der Waals surface area (Å²) < 4.78 is 0. The van der Waals surface area contributed by atoms with Gasteiger partial charge in [-0.1, -0.05) is 33.8 Å².